The lowest BCUT2D eigenvalue weighted by Gasteiger charge is -2.32. The minimum atomic E-state index is -3.98. The molecular weight excluding hydrogens is 396 g/mol. The van der Waals surface area contributed by atoms with E-state index in [9.17, 15) is 22.8 Å². The summed E-state index contributed by atoms with van der Waals surface area (Å²) in [5.74, 6) is 0.166. The van der Waals surface area contributed by atoms with Crippen LogP contribution in [0.1, 0.15) is 19.8 Å². The second-order valence-electron chi connectivity index (χ2n) is 7.73. The molecule has 1 aromatic carbocycles. The van der Waals surface area contributed by atoms with Crippen molar-refractivity contribution < 1.29 is 13.2 Å². The number of amides is 1. The van der Waals surface area contributed by atoms with Crippen LogP contribution in [-0.4, -0.2) is 59.3 Å². The monoisotopic (exact) mass is 422 g/mol. The highest BCUT2D eigenvalue weighted by molar-refractivity contribution is 7.89. The third-order valence-electron chi connectivity index (χ3n) is 5.51. The van der Waals surface area contributed by atoms with Crippen LogP contribution in [0.25, 0.3) is 10.9 Å². The molecule has 1 saturated heterocycles. The van der Waals surface area contributed by atoms with Crippen LogP contribution in [-0.2, 0) is 28.9 Å². The number of nitrogens with zero attached hydrogens (tertiary/aromatic N) is 4. The van der Waals surface area contributed by atoms with Crippen molar-refractivity contribution in [2.45, 2.75) is 24.7 Å². The summed E-state index contributed by atoms with van der Waals surface area (Å²) >= 11 is 0. The Labute approximate surface area is 169 Å². The molecule has 0 saturated carbocycles. The standard InChI is InChI=1S/C19H26N4O5S/c1-13-6-5-9-23(11-13)17(24)12-20(2)29(27,28)14-7-8-16-15(10-14)18(25)22(4)19(26)21(16)3/h7-8,10,13H,5-6,9,11-12H2,1-4H3/t13-/m0/s1. The van der Waals surface area contributed by atoms with Gasteiger partial charge in [-0.2, -0.15) is 4.31 Å². The predicted octanol–water partition coefficient (Wildman–Crippen LogP) is 0.116. The highest BCUT2D eigenvalue weighted by atomic mass is 32.2. The van der Waals surface area contributed by atoms with Crippen molar-refractivity contribution in [3.8, 4) is 0 Å². The molecular formula is C19H26N4O5S. The number of piperidine rings is 1. The van der Waals surface area contributed by atoms with Crippen molar-refractivity contribution in [3.63, 3.8) is 0 Å². The molecule has 0 bridgehead atoms. The molecule has 2 heterocycles. The van der Waals surface area contributed by atoms with Gasteiger partial charge in [-0.3, -0.25) is 18.7 Å². The molecule has 10 heteroatoms. The molecule has 0 radical (unpaired) electrons. The maximum atomic E-state index is 13.0. The predicted molar refractivity (Wildman–Crippen MR) is 109 cm³/mol. The zero-order valence-electron chi connectivity index (χ0n) is 17.1. The molecule has 1 atom stereocenters. The maximum absolute atomic E-state index is 13.0. The summed E-state index contributed by atoms with van der Waals surface area (Å²) in [5.41, 5.74) is -0.712. The summed E-state index contributed by atoms with van der Waals surface area (Å²) in [6, 6.07) is 4.05. The Morgan fingerprint density at radius 1 is 1.21 bits per heavy atom. The summed E-state index contributed by atoms with van der Waals surface area (Å²) in [5, 5.41) is 0.125. The summed E-state index contributed by atoms with van der Waals surface area (Å²) in [4.78, 5) is 38.7. The Balaban J connectivity index is 1.92. The SMILES string of the molecule is C[C@H]1CCCN(C(=O)CN(C)S(=O)(=O)c2ccc3c(c2)c(=O)n(C)c(=O)n3C)C1. The van der Waals surface area contributed by atoms with Crippen LogP contribution in [0.2, 0.25) is 0 Å². The van der Waals surface area contributed by atoms with Gasteiger partial charge in [-0.05, 0) is 37.0 Å². The van der Waals surface area contributed by atoms with E-state index >= 15 is 0 Å². The first-order chi connectivity index (χ1) is 13.5. The second-order valence-corrected chi connectivity index (χ2v) is 9.78. The van der Waals surface area contributed by atoms with Crippen molar-refractivity contribution in [2.24, 2.45) is 20.0 Å². The number of aryl methyl sites for hydroxylation is 1. The molecule has 0 N–H and O–H groups in total. The highest BCUT2D eigenvalue weighted by Gasteiger charge is 2.28. The van der Waals surface area contributed by atoms with Gasteiger partial charge in [-0.1, -0.05) is 6.92 Å². The largest absolute Gasteiger partial charge is 0.341 e. The molecule has 1 aliphatic heterocycles. The third-order valence-corrected chi connectivity index (χ3v) is 7.31. The number of sulfonamides is 1. The van der Waals surface area contributed by atoms with Crippen molar-refractivity contribution in [1.29, 1.82) is 0 Å². The minimum Gasteiger partial charge on any atom is -0.341 e. The van der Waals surface area contributed by atoms with E-state index < -0.39 is 21.3 Å². The van der Waals surface area contributed by atoms with E-state index in [-0.39, 0.29) is 22.7 Å². The number of likely N-dealkylation sites (N-methyl/N-ethyl adjacent to an activating group) is 1. The number of hydrogen-bond acceptors (Lipinski definition) is 5. The number of rotatable bonds is 4. The van der Waals surface area contributed by atoms with Crippen LogP contribution in [0, 0.1) is 5.92 Å². The van der Waals surface area contributed by atoms with Gasteiger partial charge >= 0.3 is 5.69 Å². The van der Waals surface area contributed by atoms with Crippen LogP contribution in [0.5, 0.6) is 0 Å². The number of aromatic nitrogens is 2. The number of carbonyl (C=O) groups is 1. The van der Waals surface area contributed by atoms with Gasteiger partial charge < -0.3 is 4.90 Å². The normalized spacial score (nSPS) is 17.8. The molecule has 1 fully saturated rings. The van der Waals surface area contributed by atoms with E-state index in [2.05, 4.69) is 6.92 Å². The number of benzene rings is 1. The van der Waals surface area contributed by atoms with Crippen LogP contribution >= 0.6 is 0 Å². The minimum absolute atomic E-state index is 0.0944. The van der Waals surface area contributed by atoms with E-state index in [1.807, 2.05) is 0 Å². The van der Waals surface area contributed by atoms with Crippen molar-refractivity contribution in [2.75, 3.05) is 26.7 Å². The van der Waals surface area contributed by atoms with Crippen molar-refractivity contribution in [1.82, 2.24) is 18.3 Å². The van der Waals surface area contributed by atoms with Gasteiger partial charge in [0.05, 0.1) is 22.3 Å². The fraction of sp³-hybridized carbons (Fsp3) is 0.526. The summed E-state index contributed by atoms with van der Waals surface area (Å²) in [7, 11) is 0.230. The Morgan fingerprint density at radius 3 is 2.55 bits per heavy atom. The quantitative estimate of drug-likeness (QED) is 0.696. The van der Waals surface area contributed by atoms with E-state index in [1.165, 1.54) is 43.9 Å². The Hall–Kier alpha value is -2.46. The fourth-order valence-electron chi connectivity index (χ4n) is 3.71. The molecule has 1 aromatic heterocycles. The highest BCUT2D eigenvalue weighted by Crippen LogP contribution is 2.20. The van der Waals surface area contributed by atoms with Gasteiger partial charge in [0.25, 0.3) is 5.56 Å². The van der Waals surface area contributed by atoms with Gasteiger partial charge in [0, 0.05) is 34.2 Å². The molecule has 0 unspecified atom stereocenters. The third kappa shape index (κ3) is 3.86. The van der Waals surface area contributed by atoms with Crippen LogP contribution in [0.15, 0.2) is 32.7 Å². The average Bonchev–Trinajstić information content (AvgIpc) is 2.70. The molecule has 3 rings (SSSR count). The lowest BCUT2D eigenvalue weighted by Crippen LogP contribution is -2.45. The summed E-state index contributed by atoms with van der Waals surface area (Å²) in [6.45, 7) is 3.07. The maximum Gasteiger partial charge on any atom is 0.330 e. The van der Waals surface area contributed by atoms with Crippen LogP contribution < -0.4 is 11.2 Å². The topological polar surface area (TPSA) is 102 Å². The zero-order valence-corrected chi connectivity index (χ0v) is 17.9. The first-order valence-electron chi connectivity index (χ1n) is 9.48. The first kappa shape index (κ1) is 21.3. The molecule has 29 heavy (non-hydrogen) atoms. The lowest BCUT2D eigenvalue weighted by molar-refractivity contribution is -0.132. The van der Waals surface area contributed by atoms with Gasteiger partial charge in [0.2, 0.25) is 15.9 Å². The first-order valence-corrected chi connectivity index (χ1v) is 10.9. The van der Waals surface area contributed by atoms with Gasteiger partial charge in [0.1, 0.15) is 0 Å². The van der Waals surface area contributed by atoms with E-state index in [1.54, 1.807) is 4.90 Å². The molecule has 0 spiro atoms. The van der Waals surface area contributed by atoms with Gasteiger partial charge in [-0.15, -0.1) is 0 Å². The molecule has 2 aromatic rings. The summed E-state index contributed by atoms with van der Waals surface area (Å²) < 4.78 is 29.2. The average molecular weight is 423 g/mol. The summed E-state index contributed by atoms with van der Waals surface area (Å²) in [6.07, 6.45) is 1.97. The molecule has 158 valence electrons. The van der Waals surface area contributed by atoms with Crippen molar-refractivity contribution >= 4 is 26.8 Å². The van der Waals surface area contributed by atoms with Gasteiger partial charge in [-0.25, -0.2) is 13.2 Å². The smallest absolute Gasteiger partial charge is 0.330 e. The molecule has 9 nitrogen and oxygen atoms in total. The molecule has 1 amide bonds. The Bertz CT molecular complexity index is 1180. The van der Waals surface area contributed by atoms with Crippen molar-refractivity contribution in [3.05, 3.63) is 39.0 Å². The number of hydrogen-bond donors (Lipinski definition) is 0. The Kier molecular flexibility index (Phi) is 5.68. The van der Waals surface area contributed by atoms with E-state index in [0.717, 1.165) is 21.7 Å². The number of fused-ring (bicyclic) bond motifs is 1. The molecule has 1 aliphatic rings. The zero-order chi connectivity index (χ0) is 21.5. The lowest BCUT2D eigenvalue weighted by atomic mass is 10.0. The fourth-order valence-corrected chi connectivity index (χ4v) is 4.85. The number of carbonyl (C=O) groups excluding carboxylic acids is 1. The van der Waals surface area contributed by atoms with Gasteiger partial charge in [0.15, 0.2) is 0 Å². The van der Waals surface area contributed by atoms with Crippen LogP contribution in [0.3, 0.4) is 0 Å². The number of likely N-dealkylation sites (tertiary alicyclic amines) is 1. The van der Waals surface area contributed by atoms with E-state index in [4.69, 9.17) is 0 Å². The second kappa shape index (κ2) is 7.75. The van der Waals surface area contributed by atoms with E-state index in [0.29, 0.717) is 24.5 Å². The van der Waals surface area contributed by atoms with Crippen LogP contribution in [0.4, 0.5) is 0 Å². The Morgan fingerprint density at radius 2 is 1.90 bits per heavy atom. The molecule has 0 aliphatic carbocycles.